The first-order chi connectivity index (χ1) is 4.83. The topological polar surface area (TPSA) is 23.1 Å². The summed E-state index contributed by atoms with van der Waals surface area (Å²) in [6.45, 7) is 6.30. The quantitative estimate of drug-likeness (QED) is 0.526. The summed E-state index contributed by atoms with van der Waals surface area (Å²) in [5.74, 6) is 0. The standard InChI is InChI=1S/C8H14NO/c1-2-5-9-6-3-4-8(10)7-9/h2,8H,1,3-7H2. The van der Waals surface area contributed by atoms with Crippen LogP contribution in [0.1, 0.15) is 12.8 Å². The number of hydrogen-bond acceptors (Lipinski definition) is 1. The van der Waals surface area contributed by atoms with E-state index in [1.54, 1.807) is 0 Å². The lowest BCUT2D eigenvalue weighted by Crippen LogP contribution is -2.37. The average Bonchev–Trinajstić information content (AvgIpc) is 1.88. The molecule has 1 aliphatic heterocycles. The Bertz CT molecular complexity index is 114. The maximum atomic E-state index is 11.0. The molecule has 1 aliphatic rings. The Kier molecular flexibility index (Phi) is 2.90. The predicted octanol–water partition coefficient (Wildman–Crippen LogP) is 1.07. The van der Waals surface area contributed by atoms with Gasteiger partial charge in [0.1, 0.15) is 6.10 Å². The van der Waals surface area contributed by atoms with Crippen LogP contribution in [0.4, 0.5) is 0 Å². The van der Waals surface area contributed by atoms with E-state index in [0.717, 1.165) is 25.9 Å². The van der Waals surface area contributed by atoms with Gasteiger partial charge in [0.05, 0.1) is 0 Å². The Hall–Kier alpha value is -0.340. The second-order valence-corrected chi connectivity index (χ2v) is 2.81. The van der Waals surface area contributed by atoms with Crippen LogP contribution >= 0.6 is 0 Å². The average molecular weight is 140 g/mol. The Balaban J connectivity index is 2.24. The largest absolute Gasteiger partial charge is 0.297 e. The molecule has 0 amide bonds. The van der Waals surface area contributed by atoms with Crippen molar-refractivity contribution in [3.05, 3.63) is 12.7 Å². The molecule has 57 valence electrons. The van der Waals surface area contributed by atoms with Gasteiger partial charge in [0.15, 0.2) is 0 Å². The molecular weight excluding hydrogens is 126 g/mol. The van der Waals surface area contributed by atoms with Crippen molar-refractivity contribution in [2.75, 3.05) is 19.6 Å². The molecule has 1 heterocycles. The zero-order valence-electron chi connectivity index (χ0n) is 6.25. The minimum Gasteiger partial charge on any atom is -0.297 e. The molecule has 1 atom stereocenters. The van der Waals surface area contributed by atoms with Gasteiger partial charge in [-0.15, -0.1) is 6.58 Å². The maximum Gasteiger partial charge on any atom is 0.106 e. The van der Waals surface area contributed by atoms with Gasteiger partial charge in [0.25, 0.3) is 0 Å². The molecule has 0 aliphatic carbocycles. The van der Waals surface area contributed by atoms with Crippen molar-refractivity contribution in [2.45, 2.75) is 18.9 Å². The number of hydrogen-bond donors (Lipinski definition) is 0. The minimum atomic E-state index is -0.353. The highest BCUT2D eigenvalue weighted by Crippen LogP contribution is 2.09. The Morgan fingerprint density at radius 2 is 2.50 bits per heavy atom. The molecule has 0 spiro atoms. The lowest BCUT2D eigenvalue weighted by atomic mass is 10.1. The van der Waals surface area contributed by atoms with E-state index >= 15 is 0 Å². The first kappa shape index (κ1) is 7.76. The Morgan fingerprint density at radius 3 is 3.10 bits per heavy atom. The van der Waals surface area contributed by atoms with Crippen LogP contribution in [0.15, 0.2) is 12.7 Å². The van der Waals surface area contributed by atoms with Gasteiger partial charge in [-0.2, -0.15) is 0 Å². The van der Waals surface area contributed by atoms with Gasteiger partial charge in [0.2, 0.25) is 0 Å². The van der Waals surface area contributed by atoms with E-state index in [0.29, 0.717) is 6.54 Å². The van der Waals surface area contributed by atoms with Crippen molar-refractivity contribution in [1.82, 2.24) is 4.90 Å². The van der Waals surface area contributed by atoms with Crippen molar-refractivity contribution < 1.29 is 5.11 Å². The monoisotopic (exact) mass is 140 g/mol. The number of nitrogens with zero attached hydrogens (tertiary/aromatic N) is 1. The highest BCUT2D eigenvalue weighted by Gasteiger charge is 2.16. The van der Waals surface area contributed by atoms with Crippen molar-refractivity contribution in [3.8, 4) is 0 Å². The molecule has 2 nitrogen and oxygen atoms in total. The molecule has 10 heavy (non-hydrogen) atoms. The molecule has 2 heteroatoms. The fourth-order valence-corrected chi connectivity index (χ4v) is 1.36. The SMILES string of the molecule is C=CCN1CCCC([O])C1. The van der Waals surface area contributed by atoms with Crippen molar-refractivity contribution >= 4 is 0 Å². The van der Waals surface area contributed by atoms with Gasteiger partial charge in [-0.1, -0.05) is 6.08 Å². The third-order valence-electron chi connectivity index (χ3n) is 1.85. The Labute approximate surface area is 62.2 Å². The van der Waals surface area contributed by atoms with Crippen molar-refractivity contribution in [2.24, 2.45) is 0 Å². The van der Waals surface area contributed by atoms with Crippen LogP contribution in [-0.4, -0.2) is 30.6 Å². The Morgan fingerprint density at radius 1 is 1.70 bits per heavy atom. The van der Waals surface area contributed by atoms with E-state index in [9.17, 15) is 5.11 Å². The highest BCUT2D eigenvalue weighted by atomic mass is 16.3. The van der Waals surface area contributed by atoms with Crippen LogP contribution in [0.5, 0.6) is 0 Å². The third kappa shape index (κ3) is 2.12. The van der Waals surface area contributed by atoms with Gasteiger partial charge in [0, 0.05) is 13.1 Å². The lowest BCUT2D eigenvalue weighted by Gasteiger charge is -2.27. The summed E-state index contributed by atoms with van der Waals surface area (Å²) < 4.78 is 0. The molecule has 0 bridgehead atoms. The summed E-state index contributed by atoms with van der Waals surface area (Å²) in [7, 11) is 0. The first-order valence-corrected chi connectivity index (χ1v) is 3.82. The van der Waals surface area contributed by atoms with Gasteiger partial charge < -0.3 is 0 Å². The lowest BCUT2D eigenvalue weighted by molar-refractivity contribution is 0.0222. The summed E-state index contributed by atoms with van der Waals surface area (Å²) in [6, 6.07) is 0. The summed E-state index contributed by atoms with van der Waals surface area (Å²) in [4.78, 5) is 2.16. The molecule has 0 aromatic heterocycles. The molecule has 0 aromatic carbocycles. The van der Waals surface area contributed by atoms with Crippen LogP contribution in [0.25, 0.3) is 0 Å². The summed E-state index contributed by atoms with van der Waals surface area (Å²) >= 11 is 0. The van der Waals surface area contributed by atoms with Crippen LogP contribution in [0, 0.1) is 0 Å². The van der Waals surface area contributed by atoms with Gasteiger partial charge >= 0.3 is 0 Å². The number of likely N-dealkylation sites (tertiary alicyclic amines) is 1. The molecule has 0 aromatic rings. The molecule has 1 radical (unpaired) electrons. The second-order valence-electron chi connectivity index (χ2n) is 2.81. The molecule has 0 saturated carbocycles. The molecule has 1 fully saturated rings. The number of piperidine rings is 1. The van der Waals surface area contributed by atoms with Gasteiger partial charge in [-0.25, -0.2) is 5.11 Å². The van der Waals surface area contributed by atoms with Gasteiger partial charge in [-0.3, -0.25) is 4.90 Å². The normalized spacial score (nSPS) is 28.3. The maximum absolute atomic E-state index is 11.0. The zero-order valence-corrected chi connectivity index (χ0v) is 6.25. The molecule has 0 N–H and O–H groups in total. The van der Waals surface area contributed by atoms with Crippen molar-refractivity contribution in [3.63, 3.8) is 0 Å². The second kappa shape index (κ2) is 3.74. The zero-order chi connectivity index (χ0) is 7.40. The van der Waals surface area contributed by atoms with Crippen LogP contribution < -0.4 is 0 Å². The number of rotatable bonds is 2. The first-order valence-electron chi connectivity index (χ1n) is 3.82. The van der Waals surface area contributed by atoms with E-state index in [4.69, 9.17) is 0 Å². The summed E-state index contributed by atoms with van der Waals surface area (Å²) in [5.41, 5.74) is 0. The fraction of sp³-hybridized carbons (Fsp3) is 0.750. The smallest absolute Gasteiger partial charge is 0.106 e. The van der Waals surface area contributed by atoms with E-state index in [1.165, 1.54) is 0 Å². The predicted molar refractivity (Wildman–Crippen MR) is 40.3 cm³/mol. The van der Waals surface area contributed by atoms with Crippen LogP contribution in [0.2, 0.25) is 0 Å². The molecule has 1 rings (SSSR count). The third-order valence-corrected chi connectivity index (χ3v) is 1.85. The molecule has 1 saturated heterocycles. The van der Waals surface area contributed by atoms with E-state index in [-0.39, 0.29) is 6.10 Å². The fourth-order valence-electron chi connectivity index (χ4n) is 1.36. The summed E-state index contributed by atoms with van der Waals surface area (Å²) in [5, 5.41) is 11.0. The van der Waals surface area contributed by atoms with E-state index in [1.807, 2.05) is 6.08 Å². The molecular formula is C8H14NO. The van der Waals surface area contributed by atoms with Gasteiger partial charge in [-0.05, 0) is 19.4 Å². The van der Waals surface area contributed by atoms with Crippen LogP contribution in [-0.2, 0) is 5.11 Å². The van der Waals surface area contributed by atoms with Crippen LogP contribution in [0.3, 0.4) is 0 Å². The molecule has 1 unspecified atom stereocenters. The summed E-state index contributed by atoms with van der Waals surface area (Å²) in [6.07, 6.45) is 3.42. The highest BCUT2D eigenvalue weighted by molar-refractivity contribution is 4.78. The minimum absolute atomic E-state index is 0.353. The van der Waals surface area contributed by atoms with E-state index in [2.05, 4.69) is 11.5 Å². The van der Waals surface area contributed by atoms with E-state index < -0.39 is 0 Å². The van der Waals surface area contributed by atoms with Crippen molar-refractivity contribution in [1.29, 1.82) is 0 Å².